The molecule has 1 heterocycles. The van der Waals surface area contributed by atoms with Crippen molar-refractivity contribution in [1.29, 1.82) is 5.26 Å². The summed E-state index contributed by atoms with van der Waals surface area (Å²) in [5.41, 5.74) is 0.416. The second-order valence-electron chi connectivity index (χ2n) is 1.47. The maximum absolute atomic E-state index is 8.34. The fraction of sp³-hybridized carbons (Fsp3) is 0. The van der Waals surface area contributed by atoms with Gasteiger partial charge in [0.25, 0.3) is 0 Å². The van der Waals surface area contributed by atoms with Crippen molar-refractivity contribution in [2.24, 2.45) is 0 Å². The molecular weight excluding hydrogens is 171 g/mol. The number of pyridine rings is 1. The summed E-state index contributed by atoms with van der Waals surface area (Å²) in [6.45, 7) is 0. The highest BCUT2D eigenvalue weighted by molar-refractivity contribution is 6.31. The minimum Gasteiger partial charge on any atom is -0.263 e. The molecule has 0 N–H and O–H groups in total. The lowest BCUT2D eigenvalue weighted by atomic mass is 10.3. The molecule has 1 aromatic rings. The van der Waals surface area contributed by atoms with Gasteiger partial charge in [0.05, 0.1) is 10.6 Å². The Morgan fingerprint density at radius 1 is 1.60 bits per heavy atom. The number of aromatic nitrogens is 1. The quantitative estimate of drug-likeness (QED) is 0.604. The first-order valence-electron chi connectivity index (χ1n) is 2.34. The third-order valence-electron chi connectivity index (χ3n) is 0.888. The van der Waals surface area contributed by atoms with Crippen molar-refractivity contribution in [3.8, 4) is 6.07 Å². The molecule has 10 heavy (non-hydrogen) atoms. The lowest BCUT2D eigenvalue weighted by Gasteiger charge is -1.87. The van der Waals surface area contributed by atoms with Crippen molar-refractivity contribution in [3.63, 3.8) is 0 Å². The molecule has 1 aromatic heterocycles. The minimum absolute atomic E-state index is 0. The molecule has 0 unspecified atom stereocenters. The molecule has 0 bridgehead atoms. The molecule has 0 atom stereocenters. The first kappa shape index (κ1) is 9.22. The zero-order valence-electron chi connectivity index (χ0n) is 4.91. The highest BCUT2D eigenvalue weighted by Crippen LogP contribution is 2.10. The summed E-state index contributed by atoms with van der Waals surface area (Å²) >= 11 is 5.56. The number of nitriles is 1. The Labute approximate surface area is 69.9 Å². The average Bonchev–Trinajstić information content (AvgIpc) is 1.89. The largest absolute Gasteiger partial charge is 0.263 e. The van der Waals surface area contributed by atoms with Gasteiger partial charge in [-0.05, 0) is 6.07 Å². The van der Waals surface area contributed by atoms with Gasteiger partial charge in [0.2, 0.25) is 0 Å². The lowest BCUT2D eigenvalue weighted by Crippen LogP contribution is -1.76. The van der Waals surface area contributed by atoms with Crippen molar-refractivity contribution < 1.29 is 0 Å². The fourth-order valence-electron chi connectivity index (χ4n) is 0.460. The maximum Gasteiger partial charge on any atom is 0.102 e. The summed E-state index contributed by atoms with van der Waals surface area (Å²) in [4.78, 5) is 3.71. The van der Waals surface area contributed by atoms with E-state index in [1.54, 1.807) is 12.3 Å². The van der Waals surface area contributed by atoms with Crippen LogP contribution in [0.4, 0.5) is 0 Å². The van der Waals surface area contributed by atoms with Gasteiger partial charge in [0, 0.05) is 12.4 Å². The van der Waals surface area contributed by atoms with Crippen LogP contribution in [0, 0.1) is 11.3 Å². The zero-order valence-corrected chi connectivity index (χ0v) is 6.49. The van der Waals surface area contributed by atoms with Crippen LogP contribution >= 0.6 is 24.0 Å². The average molecular weight is 175 g/mol. The van der Waals surface area contributed by atoms with Gasteiger partial charge in [-0.1, -0.05) is 11.6 Å². The van der Waals surface area contributed by atoms with Crippen LogP contribution in [0.1, 0.15) is 5.56 Å². The second-order valence-corrected chi connectivity index (χ2v) is 1.87. The minimum atomic E-state index is 0. The Balaban J connectivity index is 0.000000810. The predicted molar refractivity (Wildman–Crippen MR) is 41.2 cm³/mol. The highest BCUT2D eigenvalue weighted by atomic mass is 35.5. The van der Waals surface area contributed by atoms with Crippen molar-refractivity contribution in [3.05, 3.63) is 29.0 Å². The summed E-state index contributed by atoms with van der Waals surface area (Å²) < 4.78 is 0. The van der Waals surface area contributed by atoms with E-state index in [-0.39, 0.29) is 12.4 Å². The summed E-state index contributed by atoms with van der Waals surface area (Å²) in [5.74, 6) is 0. The number of rotatable bonds is 0. The lowest BCUT2D eigenvalue weighted by molar-refractivity contribution is 1.30. The molecule has 4 heteroatoms. The topological polar surface area (TPSA) is 36.7 Å². The number of hydrogen-bond acceptors (Lipinski definition) is 2. The summed E-state index contributed by atoms with van der Waals surface area (Å²) in [6, 6.07) is 3.48. The molecule has 0 aliphatic carbocycles. The molecule has 0 spiro atoms. The Morgan fingerprint density at radius 3 is 2.70 bits per heavy atom. The van der Waals surface area contributed by atoms with Crippen LogP contribution in [-0.2, 0) is 0 Å². The predicted octanol–water partition coefficient (Wildman–Crippen LogP) is 2.03. The maximum atomic E-state index is 8.34. The highest BCUT2D eigenvalue weighted by Gasteiger charge is 1.93. The van der Waals surface area contributed by atoms with Gasteiger partial charge in [0.15, 0.2) is 0 Å². The molecule has 52 valence electrons. The summed E-state index contributed by atoms with van der Waals surface area (Å²) in [7, 11) is 0. The van der Waals surface area contributed by atoms with E-state index >= 15 is 0 Å². The van der Waals surface area contributed by atoms with Gasteiger partial charge in [-0.3, -0.25) is 4.98 Å². The molecule has 0 amide bonds. The third-order valence-corrected chi connectivity index (χ3v) is 1.22. The standard InChI is InChI=1S/C6H3ClN2.ClH/c7-6-1-2-9-4-5(6)3-8;/h1-2,4H;1H. The summed E-state index contributed by atoms with van der Waals surface area (Å²) in [6.07, 6.45) is 2.98. The van der Waals surface area contributed by atoms with Gasteiger partial charge < -0.3 is 0 Å². The van der Waals surface area contributed by atoms with E-state index in [4.69, 9.17) is 16.9 Å². The van der Waals surface area contributed by atoms with Crippen LogP contribution in [0.3, 0.4) is 0 Å². The van der Waals surface area contributed by atoms with E-state index in [2.05, 4.69) is 4.98 Å². The molecule has 0 aliphatic heterocycles. The molecule has 2 nitrogen and oxygen atoms in total. The molecule has 0 radical (unpaired) electrons. The van der Waals surface area contributed by atoms with Crippen LogP contribution in [0.2, 0.25) is 5.02 Å². The first-order chi connectivity index (χ1) is 4.34. The van der Waals surface area contributed by atoms with Gasteiger partial charge in [-0.2, -0.15) is 5.26 Å². The number of halogens is 2. The van der Waals surface area contributed by atoms with Crippen LogP contribution in [0.5, 0.6) is 0 Å². The van der Waals surface area contributed by atoms with Crippen LogP contribution in [0.25, 0.3) is 0 Å². The smallest absolute Gasteiger partial charge is 0.102 e. The van der Waals surface area contributed by atoms with Crippen molar-refractivity contribution in [1.82, 2.24) is 4.98 Å². The number of nitrogens with zero attached hydrogens (tertiary/aromatic N) is 2. The first-order valence-corrected chi connectivity index (χ1v) is 2.72. The normalized spacial score (nSPS) is 7.60. The van der Waals surface area contributed by atoms with Crippen LogP contribution < -0.4 is 0 Å². The van der Waals surface area contributed by atoms with Gasteiger partial charge in [-0.15, -0.1) is 12.4 Å². The third kappa shape index (κ3) is 1.87. The Bertz CT molecular complexity index is 254. The molecule has 0 aliphatic rings. The molecule has 1 rings (SSSR count). The molecule has 0 fully saturated rings. The zero-order chi connectivity index (χ0) is 6.69. The van der Waals surface area contributed by atoms with Gasteiger partial charge in [-0.25, -0.2) is 0 Å². The molecular formula is C6H4Cl2N2. The van der Waals surface area contributed by atoms with E-state index in [0.717, 1.165) is 0 Å². The second kappa shape index (κ2) is 4.10. The summed E-state index contributed by atoms with van der Waals surface area (Å²) in [5, 5.41) is 8.80. The molecule has 0 aromatic carbocycles. The number of hydrogen-bond donors (Lipinski definition) is 0. The Morgan fingerprint density at radius 2 is 2.30 bits per heavy atom. The van der Waals surface area contributed by atoms with E-state index in [1.807, 2.05) is 6.07 Å². The van der Waals surface area contributed by atoms with E-state index < -0.39 is 0 Å². The van der Waals surface area contributed by atoms with Crippen LogP contribution in [-0.4, -0.2) is 4.98 Å². The SMILES string of the molecule is Cl.N#Cc1cnccc1Cl. The van der Waals surface area contributed by atoms with Crippen molar-refractivity contribution in [2.75, 3.05) is 0 Å². The molecule has 0 saturated heterocycles. The van der Waals surface area contributed by atoms with E-state index in [9.17, 15) is 0 Å². The van der Waals surface area contributed by atoms with Gasteiger partial charge >= 0.3 is 0 Å². The van der Waals surface area contributed by atoms with E-state index in [1.165, 1.54) is 6.20 Å². The van der Waals surface area contributed by atoms with Gasteiger partial charge in [0.1, 0.15) is 6.07 Å². The van der Waals surface area contributed by atoms with Crippen molar-refractivity contribution in [2.45, 2.75) is 0 Å². The Hall–Kier alpha value is -0.780. The molecule has 0 saturated carbocycles. The monoisotopic (exact) mass is 174 g/mol. The van der Waals surface area contributed by atoms with Crippen molar-refractivity contribution >= 4 is 24.0 Å². The Kier molecular flexibility index (Phi) is 3.78. The van der Waals surface area contributed by atoms with E-state index in [0.29, 0.717) is 10.6 Å². The fourth-order valence-corrected chi connectivity index (χ4v) is 0.607. The van der Waals surface area contributed by atoms with Crippen LogP contribution in [0.15, 0.2) is 18.5 Å².